The van der Waals surface area contributed by atoms with E-state index in [0.717, 1.165) is 25.4 Å². The van der Waals surface area contributed by atoms with Crippen LogP contribution in [0.25, 0.3) is 0 Å². The molecule has 0 aromatic rings. The standard InChI is InChI=1S/C7H11N3/c1-6-4-7-8-2-3-9-10(7)5-6/h3,6H,2,4-5H2,1H3. The largest absolute Gasteiger partial charge is 0.265 e. The molecular formula is C7H11N3. The van der Waals surface area contributed by atoms with Crippen LogP contribution >= 0.6 is 0 Å². The topological polar surface area (TPSA) is 28.0 Å². The molecule has 0 amide bonds. The number of rotatable bonds is 0. The van der Waals surface area contributed by atoms with Gasteiger partial charge in [0.15, 0.2) is 0 Å². The van der Waals surface area contributed by atoms with E-state index in [9.17, 15) is 0 Å². The van der Waals surface area contributed by atoms with Crippen molar-refractivity contribution < 1.29 is 0 Å². The van der Waals surface area contributed by atoms with Crippen LogP contribution in [0.1, 0.15) is 13.3 Å². The van der Waals surface area contributed by atoms with Crippen molar-refractivity contribution in [3.8, 4) is 0 Å². The molecule has 0 aliphatic carbocycles. The summed E-state index contributed by atoms with van der Waals surface area (Å²) in [6.07, 6.45) is 2.97. The third-order valence-corrected chi connectivity index (χ3v) is 1.89. The van der Waals surface area contributed by atoms with Crippen LogP contribution in [-0.2, 0) is 0 Å². The summed E-state index contributed by atoms with van der Waals surface area (Å²) < 4.78 is 0. The maximum Gasteiger partial charge on any atom is 0.120 e. The fraction of sp³-hybridized carbons (Fsp3) is 0.714. The molecule has 3 nitrogen and oxygen atoms in total. The molecular weight excluding hydrogens is 126 g/mol. The number of amidine groups is 1. The quantitative estimate of drug-likeness (QED) is 0.483. The molecule has 2 heterocycles. The van der Waals surface area contributed by atoms with Gasteiger partial charge in [-0.2, -0.15) is 5.10 Å². The van der Waals surface area contributed by atoms with Crippen LogP contribution in [0, 0.1) is 5.92 Å². The second-order valence-electron chi connectivity index (χ2n) is 2.95. The fourth-order valence-corrected chi connectivity index (χ4v) is 1.42. The Bertz CT molecular complexity index is 195. The van der Waals surface area contributed by atoms with Crippen LogP contribution in [-0.4, -0.2) is 30.1 Å². The summed E-state index contributed by atoms with van der Waals surface area (Å²) in [4.78, 5) is 4.34. The summed E-state index contributed by atoms with van der Waals surface area (Å²) >= 11 is 0. The van der Waals surface area contributed by atoms with E-state index in [-0.39, 0.29) is 0 Å². The monoisotopic (exact) mass is 137 g/mol. The molecule has 2 aliphatic rings. The van der Waals surface area contributed by atoms with E-state index in [2.05, 4.69) is 17.0 Å². The molecule has 0 bridgehead atoms. The fourth-order valence-electron chi connectivity index (χ4n) is 1.42. The lowest BCUT2D eigenvalue weighted by Crippen LogP contribution is -2.22. The zero-order valence-electron chi connectivity index (χ0n) is 6.12. The zero-order chi connectivity index (χ0) is 6.97. The van der Waals surface area contributed by atoms with Crippen LogP contribution in [0.15, 0.2) is 10.1 Å². The van der Waals surface area contributed by atoms with Crippen LogP contribution in [0.3, 0.4) is 0 Å². The smallest absolute Gasteiger partial charge is 0.120 e. The SMILES string of the molecule is CC1CC2=NCC=NN2C1. The molecule has 0 radical (unpaired) electrons. The Morgan fingerprint density at radius 2 is 2.60 bits per heavy atom. The van der Waals surface area contributed by atoms with E-state index in [4.69, 9.17) is 0 Å². The number of fused-ring (bicyclic) bond motifs is 1. The predicted octanol–water partition coefficient (Wildman–Crippen LogP) is 0.726. The van der Waals surface area contributed by atoms with Crippen LogP contribution < -0.4 is 0 Å². The van der Waals surface area contributed by atoms with Crippen molar-refractivity contribution in [3.05, 3.63) is 0 Å². The van der Waals surface area contributed by atoms with Gasteiger partial charge in [0.25, 0.3) is 0 Å². The second-order valence-corrected chi connectivity index (χ2v) is 2.95. The lowest BCUT2D eigenvalue weighted by molar-refractivity contribution is 0.433. The first-order valence-corrected chi connectivity index (χ1v) is 3.69. The molecule has 1 atom stereocenters. The van der Waals surface area contributed by atoms with Crippen molar-refractivity contribution in [1.29, 1.82) is 0 Å². The molecule has 1 fully saturated rings. The maximum absolute atomic E-state index is 4.34. The number of hydrogen-bond acceptors (Lipinski definition) is 3. The highest BCUT2D eigenvalue weighted by Crippen LogP contribution is 2.19. The van der Waals surface area contributed by atoms with E-state index in [1.807, 2.05) is 11.2 Å². The van der Waals surface area contributed by atoms with Gasteiger partial charge in [0.05, 0.1) is 6.54 Å². The first-order valence-electron chi connectivity index (χ1n) is 3.69. The Morgan fingerprint density at radius 1 is 1.70 bits per heavy atom. The number of hydrogen-bond donors (Lipinski definition) is 0. The van der Waals surface area contributed by atoms with Crippen molar-refractivity contribution in [2.45, 2.75) is 13.3 Å². The Kier molecular flexibility index (Phi) is 1.22. The van der Waals surface area contributed by atoms with Gasteiger partial charge in [-0.1, -0.05) is 6.92 Å². The average molecular weight is 137 g/mol. The van der Waals surface area contributed by atoms with E-state index in [1.54, 1.807) is 0 Å². The van der Waals surface area contributed by atoms with E-state index in [0.29, 0.717) is 0 Å². The highest BCUT2D eigenvalue weighted by molar-refractivity contribution is 5.87. The molecule has 1 unspecified atom stereocenters. The average Bonchev–Trinajstić information content (AvgIpc) is 2.27. The summed E-state index contributed by atoms with van der Waals surface area (Å²) in [5.41, 5.74) is 0. The van der Waals surface area contributed by atoms with E-state index in [1.165, 1.54) is 5.84 Å². The Morgan fingerprint density at radius 3 is 3.40 bits per heavy atom. The van der Waals surface area contributed by atoms with Gasteiger partial charge in [0, 0.05) is 19.2 Å². The molecule has 0 aromatic heterocycles. The Hall–Kier alpha value is -0.860. The zero-order valence-corrected chi connectivity index (χ0v) is 6.12. The van der Waals surface area contributed by atoms with Crippen molar-refractivity contribution >= 4 is 12.1 Å². The number of aliphatic imine (C=N–C) groups is 1. The minimum absolute atomic E-state index is 0.731. The Labute approximate surface area is 60.4 Å². The van der Waals surface area contributed by atoms with Crippen molar-refractivity contribution in [2.75, 3.05) is 13.1 Å². The van der Waals surface area contributed by atoms with Crippen LogP contribution in [0.5, 0.6) is 0 Å². The normalized spacial score (nSPS) is 30.3. The number of hydrazone groups is 1. The van der Waals surface area contributed by atoms with Crippen LogP contribution in [0.2, 0.25) is 0 Å². The highest BCUT2D eigenvalue weighted by atomic mass is 15.5. The summed E-state index contributed by atoms with van der Waals surface area (Å²) in [5.74, 6) is 1.91. The molecule has 0 saturated carbocycles. The van der Waals surface area contributed by atoms with Gasteiger partial charge in [-0.05, 0) is 5.92 Å². The lowest BCUT2D eigenvalue weighted by atomic mass is 10.2. The molecule has 1 saturated heterocycles. The van der Waals surface area contributed by atoms with Gasteiger partial charge in [0.1, 0.15) is 5.84 Å². The lowest BCUT2D eigenvalue weighted by Gasteiger charge is -2.14. The minimum Gasteiger partial charge on any atom is -0.265 e. The summed E-state index contributed by atoms with van der Waals surface area (Å²) in [6, 6.07) is 0. The molecule has 10 heavy (non-hydrogen) atoms. The van der Waals surface area contributed by atoms with E-state index >= 15 is 0 Å². The first-order chi connectivity index (χ1) is 4.86. The minimum atomic E-state index is 0.731. The van der Waals surface area contributed by atoms with E-state index < -0.39 is 0 Å². The van der Waals surface area contributed by atoms with Gasteiger partial charge < -0.3 is 0 Å². The molecule has 0 N–H and O–H groups in total. The summed E-state index contributed by atoms with van der Waals surface area (Å²) in [6.45, 7) is 4.06. The number of nitrogens with zero attached hydrogens (tertiary/aromatic N) is 3. The third kappa shape index (κ3) is 0.818. The van der Waals surface area contributed by atoms with Gasteiger partial charge in [0.2, 0.25) is 0 Å². The summed E-state index contributed by atoms with van der Waals surface area (Å²) in [5, 5.41) is 6.23. The molecule has 54 valence electrons. The maximum atomic E-state index is 4.34. The van der Waals surface area contributed by atoms with Gasteiger partial charge in [-0.25, -0.2) is 0 Å². The molecule has 2 aliphatic heterocycles. The molecule has 0 aromatic carbocycles. The van der Waals surface area contributed by atoms with Crippen molar-refractivity contribution in [2.24, 2.45) is 16.0 Å². The second kappa shape index (κ2) is 2.08. The predicted molar refractivity (Wildman–Crippen MR) is 41.3 cm³/mol. The highest BCUT2D eigenvalue weighted by Gasteiger charge is 2.24. The van der Waals surface area contributed by atoms with Crippen molar-refractivity contribution in [1.82, 2.24) is 5.01 Å². The summed E-state index contributed by atoms with van der Waals surface area (Å²) in [7, 11) is 0. The van der Waals surface area contributed by atoms with Gasteiger partial charge >= 0.3 is 0 Å². The third-order valence-electron chi connectivity index (χ3n) is 1.89. The molecule has 2 rings (SSSR count). The molecule has 3 heteroatoms. The van der Waals surface area contributed by atoms with Gasteiger partial charge in [-0.15, -0.1) is 0 Å². The molecule has 0 spiro atoms. The van der Waals surface area contributed by atoms with Gasteiger partial charge in [-0.3, -0.25) is 10.0 Å². The first kappa shape index (κ1) is 5.89. The van der Waals surface area contributed by atoms with Crippen molar-refractivity contribution in [3.63, 3.8) is 0 Å². The van der Waals surface area contributed by atoms with Crippen LogP contribution in [0.4, 0.5) is 0 Å². The Balaban J connectivity index is 2.19.